The van der Waals surface area contributed by atoms with Crippen LogP contribution in [0.1, 0.15) is 44.4 Å². The Balaban J connectivity index is 2.43. The first-order valence-corrected chi connectivity index (χ1v) is 13.2. The van der Waals surface area contributed by atoms with Gasteiger partial charge in [0.2, 0.25) is 21.8 Å². The van der Waals surface area contributed by atoms with E-state index in [1.807, 2.05) is 33.8 Å². The van der Waals surface area contributed by atoms with Gasteiger partial charge in [-0.05, 0) is 70.9 Å². The van der Waals surface area contributed by atoms with Crippen LogP contribution in [0.4, 0.5) is 5.69 Å². The summed E-state index contributed by atoms with van der Waals surface area (Å²) in [6.45, 7) is 10.6. The summed E-state index contributed by atoms with van der Waals surface area (Å²) in [5.41, 5.74) is 2.43. The van der Waals surface area contributed by atoms with Gasteiger partial charge in [-0.25, -0.2) is 8.42 Å². The molecular weight excluding hydrogens is 474 g/mol. The lowest BCUT2D eigenvalue weighted by Crippen LogP contribution is -2.54. The zero-order valence-electron chi connectivity index (χ0n) is 20.8. The van der Waals surface area contributed by atoms with Crippen LogP contribution in [0, 0.1) is 13.8 Å². The molecule has 0 bridgehead atoms. The van der Waals surface area contributed by atoms with E-state index >= 15 is 0 Å². The molecule has 186 valence electrons. The minimum absolute atomic E-state index is 0.124. The maximum absolute atomic E-state index is 13.5. The number of sulfonamides is 1. The number of hydrogen-bond donors (Lipinski definition) is 1. The molecule has 2 aromatic rings. The zero-order chi connectivity index (χ0) is 25.8. The monoisotopic (exact) mass is 507 g/mol. The molecule has 0 fully saturated rings. The van der Waals surface area contributed by atoms with Gasteiger partial charge >= 0.3 is 0 Å². The Bertz CT molecular complexity index is 1140. The summed E-state index contributed by atoms with van der Waals surface area (Å²) in [6, 6.07) is 11.5. The number of benzene rings is 2. The molecular formula is C25H34ClN3O4S. The number of amides is 2. The summed E-state index contributed by atoms with van der Waals surface area (Å²) < 4.78 is 26.4. The lowest BCUT2D eigenvalue weighted by molar-refractivity contribution is -0.140. The van der Waals surface area contributed by atoms with Gasteiger partial charge in [0.25, 0.3) is 0 Å². The molecule has 9 heteroatoms. The molecule has 0 aliphatic heterocycles. The van der Waals surface area contributed by atoms with Gasteiger partial charge in [0.05, 0.1) is 11.9 Å². The summed E-state index contributed by atoms with van der Waals surface area (Å²) >= 11 is 5.99. The number of rotatable bonds is 8. The zero-order valence-corrected chi connectivity index (χ0v) is 22.4. The van der Waals surface area contributed by atoms with E-state index in [4.69, 9.17) is 11.6 Å². The van der Waals surface area contributed by atoms with Crippen molar-refractivity contribution in [3.05, 3.63) is 64.2 Å². The van der Waals surface area contributed by atoms with E-state index in [1.54, 1.807) is 50.2 Å². The third-order valence-electron chi connectivity index (χ3n) is 5.23. The van der Waals surface area contributed by atoms with Gasteiger partial charge in [-0.15, -0.1) is 0 Å². The Hall–Kier alpha value is -2.58. The van der Waals surface area contributed by atoms with Crippen LogP contribution in [0.3, 0.4) is 0 Å². The third kappa shape index (κ3) is 7.74. The fourth-order valence-corrected chi connectivity index (χ4v) is 4.56. The van der Waals surface area contributed by atoms with Crippen LogP contribution in [-0.4, -0.2) is 49.5 Å². The number of hydrogen-bond acceptors (Lipinski definition) is 4. The lowest BCUT2D eigenvalue weighted by Gasteiger charge is -2.33. The normalized spacial score (nSPS) is 12.7. The van der Waals surface area contributed by atoms with Gasteiger partial charge in [0.15, 0.2) is 0 Å². The number of nitrogens with one attached hydrogen (secondary N) is 1. The Morgan fingerprint density at radius 1 is 1.06 bits per heavy atom. The smallest absolute Gasteiger partial charge is 0.244 e. The van der Waals surface area contributed by atoms with E-state index in [0.717, 1.165) is 27.3 Å². The van der Waals surface area contributed by atoms with Crippen molar-refractivity contribution in [2.24, 2.45) is 0 Å². The number of carbonyl (C=O) groups is 2. The lowest BCUT2D eigenvalue weighted by atomic mass is 10.1. The van der Waals surface area contributed by atoms with E-state index in [-0.39, 0.29) is 12.5 Å². The van der Waals surface area contributed by atoms with Crippen molar-refractivity contribution in [2.45, 2.75) is 59.7 Å². The minimum atomic E-state index is -3.77. The number of anilines is 1. The molecule has 2 aromatic carbocycles. The summed E-state index contributed by atoms with van der Waals surface area (Å²) in [6.07, 6.45) is 1.07. The highest BCUT2D eigenvalue weighted by molar-refractivity contribution is 7.92. The average Bonchev–Trinajstić information content (AvgIpc) is 2.69. The minimum Gasteiger partial charge on any atom is -0.350 e. The Kier molecular flexibility index (Phi) is 8.77. The van der Waals surface area contributed by atoms with Gasteiger partial charge in [-0.1, -0.05) is 41.4 Å². The standard InChI is InChI=1S/C25H34ClN3O4S/c1-17-8-13-22(18(2)14-17)29(34(7,32)33)16-23(30)28(15-20-9-11-21(26)12-10-20)19(3)24(31)27-25(4,5)6/h8-14,19H,15-16H2,1-7H3,(H,27,31). The van der Waals surface area contributed by atoms with E-state index in [1.165, 1.54) is 4.90 Å². The van der Waals surface area contributed by atoms with Gasteiger partial charge in [0, 0.05) is 17.1 Å². The molecule has 0 saturated carbocycles. The Morgan fingerprint density at radius 3 is 2.15 bits per heavy atom. The van der Waals surface area contributed by atoms with Crippen LogP contribution in [0.2, 0.25) is 5.02 Å². The van der Waals surface area contributed by atoms with Crippen LogP contribution < -0.4 is 9.62 Å². The highest BCUT2D eigenvalue weighted by Crippen LogP contribution is 2.24. The van der Waals surface area contributed by atoms with Gasteiger partial charge < -0.3 is 10.2 Å². The second-order valence-electron chi connectivity index (χ2n) is 9.62. The van der Waals surface area contributed by atoms with Crippen molar-refractivity contribution in [1.29, 1.82) is 0 Å². The summed E-state index contributed by atoms with van der Waals surface area (Å²) in [5, 5.41) is 3.45. The molecule has 0 aromatic heterocycles. The van der Waals surface area contributed by atoms with Crippen molar-refractivity contribution >= 4 is 39.1 Å². The molecule has 1 unspecified atom stereocenters. The van der Waals surface area contributed by atoms with E-state index < -0.39 is 34.1 Å². The maximum Gasteiger partial charge on any atom is 0.244 e. The topological polar surface area (TPSA) is 86.8 Å². The number of aryl methyl sites for hydroxylation is 2. The molecule has 34 heavy (non-hydrogen) atoms. The fraction of sp³-hybridized carbons (Fsp3) is 0.440. The first-order valence-electron chi connectivity index (χ1n) is 11.0. The second kappa shape index (κ2) is 10.8. The SMILES string of the molecule is Cc1ccc(N(CC(=O)N(Cc2ccc(Cl)cc2)C(C)C(=O)NC(C)(C)C)S(C)(=O)=O)c(C)c1. The molecule has 1 atom stereocenters. The highest BCUT2D eigenvalue weighted by Gasteiger charge is 2.31. The fourth-order valence-electron chi connectivity index (χ4n) is 3.52. The molecule has 2 amide bonds. The molecule has 0 saturated heterocycles. The molecule has 0 aliphatic rings. The molecule has 0 radical (unpaired) electrons. The van der Waals surface area contributed by atoms with E-state index in [2.05, 4.69) is 5.32 Å². The molecule has 0 aliphatic carbocycles. The highest BCUT2D eigenvalue weighted by atomic mass is 35.5. The van der Waals surface area contributed by atoms with Crippen LogP contribution in [-0.2, 0) is 26.2 Å². The summed E-state index contributed by atoms with van der Waals surface area (Å²) in [7, 11) is -3.77. The third-order valence-corrected chi connectivity index (χ3v) is 6.61. The molecule has 2 rings (SSSR count). The van der Waals surface area contributed by atoms with Crippen molar-refractivity contribution in [3.63, 3.8) is 0 Å². The predicted molar refractivity (Wildman–Crippen MR) is 137 cm³/mol. The number of carbonyl (C=O) groups excluding carboxylic acids is 2. The Morgan fingerprint density at radius 2 is 1.65 bits per heavy atom. The van der Waals surface area contributed by atoms with Crippen LogP contribution in [0.15, 0.2) is 42.5 Å². The quantitative estimate of drug-likeness (QED) is 0.583. The van der Waals surface area contributed by atoms with Crippen molar-refractivity contribution < 1.29 is 18.0 Å². The first-order chi connectivity index (χ1) is 15.6. The first kappa shape index (κ1) is 27.7. The summed E-state index contributed by atoms with van der Waals surface area (Å²) in [5.74, 6) is -0.816. The molecule has 0 spiro atoms. The van der Waals surface area contributed by atoms with E-state index in [0.29, 0.717) is 10.7 Å². The molecule has 7 nitrogen and oxygen atoms in total. The van der Waals surface area contributed by atoms with Gasteiger partial charge in [0.1, 0.15) is 12.6 Å². The summed E-state index contributed by atoms with van der Waals surface area (Å²) in [4.78, 5) is 27.9. The average molecular weight is 508 g/mol. The van der Waals surface area contributed by atoms with Crippen LogP contribution in [0.5, 0.6) is 0 Å². The second-order valence-corrected chi connectivity index (χ2v) is 12.0. The maximum atomic E-state index is 13.5. The van der Waals surface area contributed by atoms with Crippen LogP contribution in [0.25, 0.3) is 0 Å². The van der Waals surface area contributed by atoms with Crippen LogP contribution >= 0.6 is 11.6 Å². The van der Waals surface area contributed by atoms with Crippen molar-refractivity contribution in [3.8, 4) is 0 Å². The number of halogens is 1. The molecule has 0 heterocycles. The number of nitrogens with zero attached hydrogens (tertiary/aromatic N) is 2. The van der Waals surface area contributed by atoms with Crippen molar-refractivity contribution in [1.82, 2.24) is 10.2 Å². The predicted octanol–water partition coefficient (Wildman–Crippen LogP) is 4.05. The van der Waals surface area contributed by atoms with Gasteiger partial charge in [-0.3, -0.25) is 13.9 Å². The largest absolute Gasteiger partial charge is 0.350 e. The van der Waals surface area contributed by atoms with E-state index in [9.17, 15) is 18.0 Å². The van der Waals surface area contributed by atoms with Crippen molar-refractivity contribution in [2.75, 3.05) is 17.1 Å². The Labute approximate surface area is 208 Å². The van der Waals surface area contributed by atoms with Gasteiger partial charge in [-0.2, -0.15) is 0 Å². The molecule has 1 N–H and O–H groups in total.